The highest BCUT2D eigenvalue weighted by atomic mass is 79.9. The van der Waals surface area contributed by atoms with Gasteiger partial charge in [0.25, 0.3) is 0 Å². The van der Waals surface area contributed by atoms with Crippen LogP contribution in [0.25, 0.3) is 0 Å². The van der Waals surface area contributed by atoms with Gasteiger partial charge in [-0.15, -0.1) is 0 Å². The van der Waals surface area contributed by atoms with E-state index in [-0.39, 0.29) is 12.4 Å². The fourth-order valence-corrected chi connectivity index (χ4v) is 2.40. The van der Waals surface area contributed by atoms with Crippen LogP contribution >= 0.6 is 27.5 Å². The van der Waals surface area contributed by atoms with Crippen molar-refractivity contribution in [2.24, 2.45) is 0 Å². The molecule has 0 aliphatic carbocycles. The standard InChI is InChI=1S/C14H11BrClN5O2/c15-10-6-18-21(7-10)8-12-19-14(23-20-12)13(22)17-5-9-3-1-2-4-11(9)16/h1-4,6-7H,5,8H2,(H,17,22). The molecule has 0 saturated heterocycles. The van der Waals surface area contributed by atoms with Gasteiger partial charge in [-0.25, -0.2) is 0 Å². The number of nitrogens with one attached hydrogen (secondary N) is 1. The maximum absolute atomic E-state index is 12.0. The normalized spacial score (nSPS) is 10.7. The minimum absolute atomic E-state index is 0.0988. The first kappa shape index (κ1) is 15.7. The van der Waals surface area contributed by atoms with Crippen LogP contribution in [0, 0.1) is 0 Å². The summed E-state index contributed by atoms with van der Waals surface area (Å²) < 4.78 is 7.44. The van der Waals surface area contributed by atoms with E-state index in [1.54, 1.807) is 23.1 Å². The van der Waals surface area contributed by atoms with Gasteiger partial charge in [0.2, 0.25) is 0 Å². The number of carbonyl (C=O) groups excluding carboxylic acids is 1. The van der Waals surface area contributed by atoms with Crippen molar-refractivity contribution in [2.75, 3.05) is 0 Å². The average molecular weight is 397 g/mol. The number of aromatic nitrogens is 4. The van der Waals surface area contributed by atoms with Crippen molar-refractivity contribution in [1.82, 2.24) is 25.2 Å². The molecule has 0 saturated carbocycles. The molecular weight excluding hydrogens is 386 g/mol. The van der Waals surface area contributed by atoms with Gasteiger partial charge in [-0.1, -0.05) is 35.0 Å². The summed E-state index contributed by atoms with van der Waals surface area (Å²) in [5, 5.41) is 11.1. The Balaban J connectivity index is 1.61. The smallest absolute Gasteiger partial charge is 0.316 e. The number of halogens is 2. The van der Waals surface area contributed by atoms with Gasteiger partial charge in [0.05, 0.1) is 10.7 Å². The molecule has 0 unspecified atom stereocenters. The van der Waals surface area contributed by atoms with Crippen LogP contribution in [0.4, 0.5) is 0 Å². The Morgan fingerprint density at radius 2 is 2.22 bits per heavy atom. The summed E-state index contributed by atoms with van der Waals surface area (Å²) in [6, 6.07) is 7.26. The van der Waals surface area contributed by atoms with Crippen molar-refractivity contribution in [3.8, 4) is 0 Å². The molecule has 0 aliphatic heterocycles. The van der Waals surface area contributed by atoms with Gasteiger partial charge in [-0.05, 0) is 27.6 Å². The number of amides is 1. The van der Waals surface area contributed by atoms with Crippen LogP contribution in [0.1, 0.15) is 22.1 Å². The van der Waals surface area contributed by atoms with Crippen LogP contribution in [0.3, 0.4) is 0 Å². The molecule has 23 heavy (non-hydrogen) atoms. The second kappa shape index (κ2) is 6.93. The van der Waals surface area contributed by atoms with Crippen LogP contribution in [-0.4, -0.2) is 25.8 Å². The van der Waals surface area contributed by atoms with Crippen molar-refractivity contribution in [2.45, 2.75) is 13.1 Å². The molecule has 0 radical (unpaired) electrons. The first-order valence-corrected chi connectivity index (χ1v) is 7.81. The molecule has 7 nitrogen and oxygen atoms in total. The first-order valence-electron chi connectivity index (χ1n) is 6.64. The third kappa shape index (κ3) is 3.96. The molecule has 0 bridgehead atoms. The zero-order chi connectivity index (χ0) is 16.2. The highest BCUT2D eigenvalue weighted by Gasteiger charge is 2.15. The molecule has 2 aromatic heterocycles. The predicted octanol–water partition coefficient (Wildman–Crippen LogP) is 2.66. The third-order valence-electron chi connectivity index (χ3n) is 2.96. The SMILES string of the molecule is O=C(NCc1ccccc1Cl)c1nc(Cn2cc(Br)cn2)no1. The minimum atomic E-state index is -0.453. The van der Waals surface area contributed by atoms with Crippen molar-refractivity contribution in [1.29, 1.82) is 0 Å². The lowest BCUT2D eigenvalue weighted by molar-refractivity contribution is 0.0907. The summed E-state index contributed by atoms with van der Waals surface area (Å²) in [5.41, 5.74) is 0.809. The molecule has 1 aromatic carbocycles. The molecule has 0 atom stereocenters. The van der Waals surface area contributed by atoms with E-state index in [0.29, 0.717) is 17.4 Å². The van der Waals surface area contributed by atoms with E-state index < -0.39 is 5.91 Å². The summed E-state index contributed by atoms with van der Waals surface area (Å²) in [7, 11) is 0. The Bertz CT molecular complexity index is 832. The molecule has 1 N–H and O–H groups in total. The topological polar surface area (TPSA) is 85.8 Å². The van der Waals surface area contributed by atoms with Crippen LogP contribution in [0.5, 0.6) is 0 Å². The Kier molecular flexibility index (Phi) is 4.73. The molecular formula is C14H11BrClN5O2. The lowest BCUT2D eigenvalue weighted by Crippen LogP contribution is -2.23. The first-order chi connectivity index (χ1) is 11.1. The zero-order valence-corrected chi connectivity index (χ0v) is 14.1. The van der Waals surface area contributed by atoms with E-state index in [1.807, 2.05) is 18.2 Å². The molecule has 3 rings (SSSR count). The van der Waals surface area contributed by atoms with Crippen LogP contribution in [0.15, 0.2) is 45.7 Å². The number of rotatable bonds is 5. The van der Waals surface area contributed by atoms with Crippen molar-refractivity contribution in [3.63, 3.8) is 0 Å². The van der Waals surface area contributed by atoms with Crippen LogP contribution in [-0.2, 0) is 13.1 Å². The van der Waals surface area contributed by atoms with E-state index in [0.717, 1.165) is 10.0 Å². The largest absolute Gasteiger partial charge is 0.344 e. The van der Waals surface area contributed by atoms with E-state index in [2.05, 4.69) is 36.5 Å². The van der Waals surface area contributed by atoms with Crippen LogP contribution < -0.4 is 5.32 Å². The summed E-state index contributed by atoms with van der Waals surface area (Å²) in [6.07, 6.45) is 3.42. The van der Waals surface area contributed by atoms with Gasteiger partial charge in [-0.2, -0.15) is 10.1 Å². The summed E-state index contributed by atoms with van der Waals surface area (Å²) >= 11 is 9.33. The van der Waals surface area contributed by atoms with E-state index >= 15 is 0 Å². The van der Waals surface area contributed by atoms with E-state index in [9.17, 15) is 4.79 Å². The van der Waals surface area contributed by atoms with Gasteiger partial charge < -0.3 is 9.84 Å². The number of hydrogen-bond donors (Lipinski definition) is 1. The maximum atomic E-state index is 12.0. The Morgan fingerprint density at radius 3 is 2.96 bits per heavy atom. The zero-order valence-electron chi connectivity index (χ0n) is 11.7. The lowest BCUT2D eigenvalue weighted by atomic mass is 10.2. The number of benzene rings is 1. The van der Waals surface area contributed by atoms with Gasteiger partial charge in [0, 0.05) is 17.8 Å². The highest BCUT2D eigenvalue weighted by molar-refractivity contribution is 9.10. The summed E-state index contributed by atoms with van der Waals surface area (Å²) in [6.45, 7) is 0.592. The van der Waals surface area contributed by atoms with Gasteiger partial charge in [0.15, 0.2) is 5.82 Å². The number of nitrogens with zero attached hydrogens (tertiary/aromatic N) is 4. The van der Waals surface area contributed by atoms with Crippen molar-refractivity contribution in [3.05, 3.63) is 63.4 Å². The van der Waals surface area contributed by atoms with Gasteiger partial charge >= 0.3 is 11.8 Å². The molecule has 9 heteroatoms. The average Bonchev–Trinajstić information content (AvgIpc) is 3.16. The number of carbonyl (C=O) groups is 1. The summed E-state index contributed by atoms with van der Waals surface area (Å²) in [5.74, 6) is -0.188. The Morgan fingerprint density at radius 1 is 1.39 bits per heavy atom. The predicted molar refractivity (Wildman–Crippen MR) is 85.9 cm³/mol. The lowest BCUT2D eigenvalue weighted by Gasteiger charge is -2.04. The van der Waals surface area contributed by atoms with Crippen molar-refractivity contribution < 1.29 is 9.32 Å². The Labute approximate surface area is 144 Å². The molecule has 118 valence electrons. The highest BCUT2D eigenvalue weighted by Crippen LogP contribution is 2.14. The van der Waals surface area contributed by atoms with Crippen LogP contribution in [0.2, 0.25) is 5.02 Å². The minimum Gasteiger partial charge on any atom is -0.344 e. The third-order valence-corrected chi connectivity index (χ3v) is 3.74. The fourth-order valence-electron chi connectivity index (χ4n) is 1.87. The monoisotopic (exact) mass is 395 g/mol. The molecule has 3 aromatic rings. The van der Waals surface area contributed by atoms with Gasteiger partial charge in [0.1, 0.15) is 6.54 Å². The Hall–Kier alpha value is -2.19. The molecule has 0 fully saturated rings. The molecule has 2 heterocycles. The number of hydrogen-bond acceptors (Lipinski definition) is 5. The fraction of sp³-hybridized carbons (Fsp3) is 0.143. The second-order valence-corrected chi connectivity index (χ2v) is 5.97. The quantitative estimate of drug-likeness (QED) is 0.716. The molecule has 1 amide bonds. The summed E-state index contributed by atoms with van der Waals surface area (Å²) in [4.78, 5) is 16.1. The van der Waals surface area contributed by atoms with E-state index in [4.69, 9.17) is 16.1 Å². The molecule has 0 aliphatic rings. The second-order valence-electron chi connectivity index (χ2n) is 4.65. The maximum Gasteiger partial charge on any atom is 0.316 e. The van der Waals surface area contributed by atoms with E-state index in [1.165, 1.54) is 0 Å². The van der Waals surface area contributed by atoms with Gasteiger partial charge in [-0.3, -0.25) is 9.48 Å². The van der Waals surface area contributed by atoms with Crippen molar-refractivity contribution >= 4 is 33.4 Å². The molecule has 0 spiro atoms.